The summed E-state index contributed by atoms with van der Waals surface area (Å²) >= 11 is 0. The molecule has 3 N–H and O–H groups in total. The molecule has 0 saturated heterocycles. The molecule has 0 aliphatic heterocycles. The summed E-state index contributed by atoms with van der Waals surface area (Å²) in [6, 6.07) is 9.94. The fourth-order valence-corrected chi connectivity index (χ4v) is 1.76. The van der Waals surface area contributed by atoms with Gasteiger partial charge in [-0.1, -0.05) is 25.1 Å². The predicted octanol–water partition coefficient (Wildman–Crippen LogP) is 1.69. The molecular weight excluding hydrogens is 238 g/mol. The number of rotatable bonds is 5. The zero-order valence-electron chi connectivity index (χ0n) is 11.1. The number of nitrogens with one attached hydrogen (secondary N) is 1. The van der Waals surface area contributed by atoms with Crippen molar-refractivity contribution in [1.29, 1.82) is 0 Å². The fourth-order valence-electron chi connectivity index (χ4n) is 1.76. The van der Waals surface area contributed by atoms with Gasteiger partial charge in [0.2, 0.25) is 0 Å². The van der Waals surface area contributed by atoms with Gasteiger partial charge in [-0.05, 0) is 24.1 Å². The maximum Gasteiger partial charge on any atom is 0.188 e. The zero-order valence-corrected chi connectivity index (χ0v) is 11.1. The molecule has 1 heterocycles. The lowest BCUT2D eigenvalue weighted by Crippen LogP contribution is -2.32. The van der Waals surface area contributed by atoms with Crippen molar-refractivity contribution in [1.82, 2.24) is 15.1 Å². The third-order valence-corrected chi connectivity index (χ3v) is 2.72. The van der Waals surface area contributed by atoms with Crippen LogP contribution in [0.3, 0.4) is 0 Å². The van der Waals surface area contributed by atoms with E-state index in [1.54, 1.807) is 6.20 Å². The van der Waals surface area contributed by atoms with Crippen molar-refractivity contribution in [3.8, 4) is 5.69 Å². The maximum absolute atomic E-state index is 5.79. The van der Waals surface area contributed by atoms with Crippen LogP contribution in [0.5, 0.6) is 0 Å². The Morgan fingerprint density at radius 2 is 2.21 bits per heavy atom. The Hall–Kier alpha value is -2.30. The summed E-state index contributed by atoms with van der Waals surface area (Å²) < 4.78 is 1.83. The van der Waals surface area contributed by atoms with E-state index in [9.17, 15) is 0 Å². The van der Waals surface area contributed by atoms with Crippen molar-refractivity contribution < 1.29 is 0 Å². The standard InChI is InChI=1S/C14H19N5/c1-2-8-16-14(15)17-11-12-6-3-4-7-13(12)19-10-5-9-18-19/h3-7,9-10H,2,8,11H2,1H3,(H3,15,16,17). The first-order valence-corrected chi connectivity index (χ1v) is 6.43. The zero-order chi connectivity index (χ0) is 13.5. The second-order valence-electron chi connectivity index (χ2n) is 4.21. The summed E-state index contributed by atoms with van der Waals surface area (Å²) in [6.45, 7) is 3.47. The summed E-state index contributed by atoms with van der Waals surface area (Å²) in [4.78, 5) is 4.34. The highest BCUT2D eigenvalue weighted by molar-refractivity contribution is 5.77. The minimum Gasteiger partial charge on any atom is -0.370 e. The third-order valence-electron chi connectivity index (χ3n) is 2.72. The SMILES string of the molecule is CCCNC(N)=NCc1ccccc1-n1cccn1. The van der Waals surface area contributed by atoms with Crippen LogP contribution in [0.4, 0.5) is 0 Å². The average Bonchev–Trinajstić information content (AvgIpc) is 2.97. The number of guanidine groups is 1. The van der Waals surface area contributed by atoms with Gasteiger partial charge in [0, 0.05) is 18.9 Å². The molecule has 0 bridgehead atoms. The van der Waals surface area contributed by atoms with Crippen LogP contribution in [-0.2, 0) is 6.54 Å². The molecule has 0 radical (unpaired) electrons. The van der Waals surface area contributed by atoms with E-state index in [-0.39, 0.29) is 0 Å². The second-order valence-corrected chi connectivity index (χ2v) is 4.21. The van der Waals surface area contributed by atoms with Gasteiger partial charge in [-0.15, -0.1) is 0 Å². The number of aromatic nitrogens is 2. The topological polar surface area (TPSA) is 68.2 Å². The Morgan fingerprint density at radius 3 is 2.95 bits per heavy atom. The molecule has 100 valence electrons. The fraction of sp³-hybridized carbons (Fsp3) is 0.286. The first kappa shape index (κ1) is 13.1. The van der Waals surface area contributed by atoms with Crippen LogP contribution in [-0.4, -0.2) is 22.3 Å². The first-order chi connectivity index (χ1) is 9.31. The number of para-hydroxylation sites is 1. The lowest BCUT2D eigenvalue weighted by Gasteiger charge is -2.08. The monoisotopic (exact) mass is 257 g/mol. The van der Waals surface area contributed by atoms with E-state index in [2.05, 4.69) is 22.3 Å². The average molecular weight is 257 g/mol. The van der Waals surface area contributed by atoms with Gasteiger partial charge in [0.15, 0.2) is 5.96 Å². The molecule has 2 rings (SSSR count). The number of hydrogen-bond donors (Lipinski definition) is 2. The minimum absolute atomic E-state index is 0.483. The van der Waals surface area contributed by atoms with Crippen LogP contribution < -0.4 is 11.1 Å². The highest BCUT2D eigenvalue weighted by atomic mass is 15.3. The lowest BCUT2D eigenvalue weighted by atomic mass is 10.2. The van der Waals surface area contributed by atoms with E-state index in [1.807, 2.05) is 41.2 Å². The summed E-state index contributed by atoms with van der Waals surface area (Å²) in [5.41, 5.74) is 7.91. The van der Waals surface area contributed by atoms with Gasteiger partial charge in [0.1, 0.15) is 0 Å². The van der Waals surface area contributed by atoms with Crippen LogP contribution in [0, 0.1) is 0 Å². The van der Waals surface area contributed by atoms with E-state index in [0.717, 1.165) is 24.2 Å². The number of benzene rings is 1. The van der Waals surface area contributed by atoms with Crippen LogP contribution in [0.15, 0.2) is 47.7 Å². The molecule has 0 amide bonds. The second kappa shape index (κ2) is 6.58. The Bertz CT molecular complexity index is 531. The van der Waals surface area contributed by atoms with E-state index >= 15 is 0 Å². The Labute approximate surface area is 113 Å². The van der Waals surface area contributed by atoms with Crippen molar-refractivity contribution in [3.63, 3.8) is 0 Å². The molecule has 2 aromatic rings. The van der Waals surface area contributed by atoms with Crippen molar-refractivity contribution in [2.24, 2.45) is 10.7 Å². The molecule has 0 fully saturated rings. The van der Waals surface area contributed by atoms with Gasteiger partial charge in [0.25, 0.3) is 0 Å². The number of nitrogens with zero attached hydrogens (tertiary/aromatic N) is 3. The summed E-state index contributed by atoms with van der Waals surface area (Å²) in [5.74, 6) is 0.483. The molecule has 0 unspecified atom stereocenters. The predicted molar refractivity (Wildman–Crippen MR) is 77.2 cm³/mol. The molecule has 0 atom stereocenters. The molecule has 5 nitrogen and oxygen atoms in total. The quantitative estimate of drug-likeness (QED) is 0.632. The lowest BCUT2D eigenvalue weighted by molar-refractivity contribution is 0.821. The molecule has 1 aromatic heterocycles. The van der Waals surface area contributed by atoms with E-state index in [4.69, 9.17) is 5.73 Å². The van der Waals surface area contributed by atoms with Crippen LogP contribution in [0.25, 0.3) is 5.69 Å². The molecule has 1 aromatic carbocycles. The largest absolute Gasteiger partial charge is 0.370 e. The Kier molecular flexibility index (Phi) is 4.55. The highest BCUT2D eigenvalue weighted by Gasteiger charge is 2.03. The Morgan fingerprint density at radius 1 is 1.37 bits per heavy atom. The Balaban J connectivity index is 2.13. The van der Waals surface area contributed by atoms with Gasteiger partial charge < -0.3 is 11.1 Å². The third kappa shape index (κ3) is 3.58. The van der Waals surface area contributed by atoms with Gasteiger partial charge in [-0.2, -0.15) is 5.10 Å². The summed E-state index contributed by atoms with van der Waals surface area (Å²) in [6.07, 6.45) is 4.71. The summed E-state index contributed by atoms with van der Waals surface area (Å²) in [7, 11) is 0. The smallest absolute Gasteiger partial charge is 0.188 e. The summed E-state index contributed by atoms with van der Waals surface area (Å²) in [5, 5.41) is 7.31. The van der Waals surface area contributed by atoms with Gasteiger partial charge in [-0.25, -0.2) is 9.67 Å². The molecule has 19 heavy (non-hydrogen) atoms. The van der Waals surface area contributed by atoms with Crippen molar-refractivity contribution in [2.45, 2.75) is 19.9 Å². The van der Waals surface area contributed by atoms with Crippen molar-refractivity contribution in [2.75, 3.05) is 6.54 Å². The van der Waals surface area contributed by atoms with Crippen LogP contribution in [0.1, 0.15) is 18.9 Å². The van der Waals surface area contributed by atoms with Crippen LogP contribution >= 0.6 is 0 Å². The maximum atomic E-state index is 5.79. The minimum atomic E-state index is 0.483. The van der Waals surface area contributed by atoms with E-state index in [1.165, 1.54) is 0 Å². The van der Waals surface area contributed by atoms with Gasteiger partial charge in [0.05, 0.1) is 12.2 Å². The molecule has 0 saturated carbocycles. The normalized spacial score (nSPS) is 11.5. The molecule has 5 heteroatoms. The van der Waals surface area contributed by atoms with Crippen molar-refractivity contribution >= 4 is 5.96 Å². The number of nitrogens with two attached hydrogens (primary N) is 1. The van der Waals surface area contributed by atoms with E-state index in [0.29, 0.717) is 12.5 Å². The number of hydrogen-bond acceptors (Lipinski definition) is 2. The molecule has 0 spiro atoms. The van der Waals surface area contributed by atoms with Gasteiger partial charge in [-0.3, -0.25) is 0 Å². The highest BCUT2D eigenvalue weighted by Crippen LogP contribution is 2.14. The van der Waals surface area contributed by atoms with Crippen LogP contribution in [0.2, 0.25) is 0 Å². The van der Waals surface area contributed by atoms with Gasteiger partial charge >= 0.3 is 0 Å². The molecule has 0 aliphatic rings. The first-order valence-electron chi connectivity index (χ1n) is 6.43. The molecule has 0 aliphatic carbocycles. The van der Waals surface area contributed by atoms with E-state index < -0.39 is 0 Å². The number of aliphatic imine (C=N–C) groups is 1. The molecular formula is C14H19N5. The van der Waals surface area contributed by atoms with Crippen molar-refractivity contribution in [3.05, 3.63) is 48.3 Å².